The Morgan fingerprint density at radius 1 is 1.18 bits per heavy atom. The predicted octanol–water partition coefficient (Wildman–Crippen LogP) is 2.75. The molecule has 0 spiro atoms. The Balaban J connectivity index is 1.69. The molecule has 2 rings (SSSR count). The largest absolute Gasteiger partial charge is 0.445 e. The highest BCUT2D eigenvalue weighted by molar-refractivity contribution is 5.85. The monoisotopic (exact) mass is 304 g/mol. The van der Waals surface area contributed by atoms with Crippen molar-refractivity contribution in [2.45, 2.75) is 57.7 Å². The van der Waals surface area contributed by atoms with Crippen LogP contribution < -0.4 is 10.6 Å². The summed E-state index contributed by atoms with van der Waals surface area (Å²) in [7, 11) is 0. The summed E-state index contributed by atoms with van der Waals surface area (Å²) < 4.78 is 5.11. The lowest BCUT2D eigenvalue weighted by atomic mass is 9.95. The highest BCUT2D eigenvalue weighted by Crippen LogP contribution is 2.17. The van der Waals surface area contributed by atoms with Gasteiger partial charge in [-0.05, 0) is 25.3 Å². The number of hydrogen-bond acceptors (Lipinski definition) is 3. The number of carbonyl (C=O) groups excluding carboxylic acids is 2. The number of amides is 2. The molecule has 1 fully saturated rings. The Morgan fingerprint density at radius 2 is 1.86 bits per heavy atom. The minimum atomic E-state index is -0.592. The van der Waals surface area contributed by atoms with Crippen LogP contribution in [0.5, 0.6) is 0 Å². The number of rotatable bonds is 5. The molecule has 0 bridgehead atoms. The molecule has 1 saturated carbocycles. The van der Waals surface area contributed by atoms with E-state index in [1.165, 1.54) is 6.42 Å². The van der Waals surface area contributed by atoms with Crippen molar-refractivity contribution < 1.29 is 14.3 Å². The van der Waals surface area contributed by atoms with Gasteiger partial charge in [-0.25, -0.2) is 4.79 Å². The summed E-state index contributed by atoms with van der Waals surface area (Å²) in [4.78, 5) is 23.7. The molecule has 1 aromatic carbocycles. The minimum absolute atomic E-state index is 0.149. The van der Waals surface area contributed by atoms with Crippen molar-refractivity contribution in [3.05, 3.63) is 35.9 Å². The van der Waals surface area contributed by atoms with Gasteiger partial charge in [0.25, 0.3) is 0 Å². The summed E-state index contributed by atoms with van der Waals surface area (Å²) in [5.74, 6) is -0.149. The zero-order chi connectivity index (χ0) is 15.8. The van der Waals surface area contributed by atoms with E-state index in [4.69, 9.17) is 4.74 Å². The number of carbonyl (C=O) groups is 2. The number of alkyl carbamates (subject to hydrolysis) is 1. The molecule has 0 heterocycles. The average Bonchev–Trinajstić information content (AvgIpc) is 2.55. The van der Waals surface area contributed by atoms with Gasteiger partial charge in [-0.15, -0.1) is 0 Å². The van der Waals surface area contributed by atoms with Crippen LogP contribution in [0.15, 0.2) is 30.3 Å². The molecule has 1 atom stereocenters. The molecule has 0 saturated heterocycles. The molecule has 5 heteroatoms. The molecular formula is C17H24N2O3. The van der Waals surface area contributed by atoms with Crippen molar-refractivity contribution in [3.8, 4) is 0 Å². The second kappa shape index (κ2) is 8.41. The highest BCUT2D eigenvalue weighted by atomic mass is 16.5. The smallest absolute Gasteiger partial charge is 0.408 e. The van der Waals surface area contributed by atoms with Crippen LogP contribution in [0.2, 0.25) is 0 Å². The van der Waals surface area contributed by atoms with E-state index in [-0.39, 0.29) is 18.6 Å². The Bertz CT molecular complexity index is 484. The van der Waals surface area contributed by atoms with Gasteiger partial charge in [0.2, 0.25) is 5.91 Å². The highest BCUT2D eigenvalue weighted by Gasteiger charge is 2.21. The van der Waals surface area contributed by atoms with Crippen LogP contribution >= 0.6 is 0 Å². The standard InChI is InChI=1S/C17H24N2O3/c1-13(16(20)19-15-10-6-3-7-11-15)18-17(21)22-12-14-8-4-2-5-9-14/h2,4-5,8-9,13,15H,3,6-7,10-12H2,1H3,(H,18,21)(H,19,20). The first-order valence-electron chi connectivity index (χ1n) is 7.93. The third kappa shape index (κ3) is 5.39. The maximum atomic E-state index is 12.0. The summed E-state index contributed by atoms with van der Waals surface area (Å²) in [6, 6.07) is 9.09. The lowest BCUT2D eigenvalue weighted by Gasteiger charge is -2.24. The average molecular weight is 304 g/mol. The summed E-state index contributed by atoms with van der Waals surface area (Å²) in [6.45, 7) is 1.87. The molecule has 2 amide bonds. The van der Waals surface area contributed by atoms with E-state index in [0.29, 0.717) is 0 Å². The van der Waals surface area contributed by atoms with Crippen LogP contribution in [-0.2, 0) is 16.1 Å². The minimum Gasteiger partial charge on any atom is -0.445 e. The summed E-state index contributed by atoms with van der Waals surface area (Å²) >= 11 is 0. The molecule has 1 unspecified atom stereocenters. The Hall–Kier alpha value is -2.04. The maximum Gasteiger partial charge on any atom is 0.408 e. The number of nitrogens with one attached hydrogen (secondary N) is 2. The summed E-state index contributed by atoms with van der Waals surface area (Å²) in [6.07, 6.45) is 5.03. The second-order valence-electron chi connectivity index (χ2n) is 5.77. The zero-order valence-electron chi connectivity index (χ0n) is 13.0. The van der Waals surface area contributed by atoms with E-state index in [0.717, 1.165) is 31.2 Å². The molecule has 0 aromatic heterocycles. The Kier molecular flexibility index (Phi) is 6.25. The van der Waals surface area contributed by atoms with Gasteiger partial charge in [-0.3, -0.25) is 4.79 Å². The van der Waals surface area contributed by atoms with Gasteiger partial charge in [-0.1, -0.05) is 49.6 Å². The van der Waals surface area contributed by atoms with Crippen molar-refractivity contribution in [1.82, 2.24) is 10.6 Å². The van der Waals surface area contributed by atoms with Crippen LogP contribution in [0.25, 0.3) is 0 Å². The van der Waals surface area contributed by atoms with Crippen molar-refractivity contribution in [2.75, 3.05) is 0 Å². The number of hydrogen-bond donors (Lipinski definition) is 2. The van der Waals surface area contributed by atoms with Crippen LogP contribution in [-0.4, -0.2) is 24.1 Å². The van der Waals surface area contributed by atoms with E-state index in [1.807, 2.05) is 30.3 Å². The first kappa shape index (κ1) is 16.3. The summed E-state index contributed by atoms with van der Waals surface area (Å²) in [5.41, 5.74) is 0.914. The van der Waals surface area contributed by atoms with Crippen LogP contribution in [0, 0.1) is 0 Å². The third-order valence-corrected chi connectivity index (χ3v) is 3.89. The normalized spacial score (nSPS) is 16.6. The molecule has 5 nitrogen and oxygen atoms in total. The van der Waals surface area contributed by atoms with Crippen molar-refractivity contribution in [2.24, 2.45) is 0 Å². The van der Waals surface area contributed by atoms with Crippen molar-refractivity contribution in [1.29, 1.82) is 0 Å². The quantitative estimate of drug-likeness (QED) is 0.879. The number of ether oxygens (including phenoxy) is 1. The molecule has 0 radical (unpaired) electrons. The molecular weight excluding hydrogens is 280 g/mol. The third-order valence-electron chi connectivity index (χ3n) is 3.89. The van der Waals surface area contributed by atoms with Crippen LogP contribution in [0.3, 0.4) is 0 Å². The van der Waals surface area contributed by atoms with Crippen LogP contribution in [0.4, 0.5) is 4.79 Å². The van der Waals surface area contributed by atoms with Gasteiger partial charge < -0.3 is 15.4 Å². The molecule has 1 aromatic rings. The first-order valence-corrected chi connectivity index (χ1v) is 7.93. The van der Waals surface area contributed by atoms with E-state index in [9.17, 15) is 9.59 Å². The van der Waals surface area contributed by atoms with Crippen molar-refractivity contribution >= 4 is 12.0 Å². The first-order chi connectivity index (χ1) is 10.6. The fourth-order valence-electron chi connectivity index (χ4n) is 2.58. The Labute approximate surface area is 131 Å². The molecule has 1 aliphatic rings. The van der Waals surface area contributed by atoms with Gasteiger partial charge >= 0.3 is 6.09 Å². The molecule has 0 aliphatic heterocycles. The SMILES string of the molecule is CC(NC(=O)OCc1ccccc1)C(=O)NC1CCCCC1. The predicted molar refractivity (Wildman–Crippen MR) is 84.2 cm³/mol. The topological polar surface area (TPSA) is 67.4 Å². The second-order valence-corrected chi connectivity index (χ2v) is 5.77. The van der Waals surface area contributed by atoms with E-state index in [1.54, 1.807) is 6.92 Å². The van der Waals surface area contributed by atoms with E-state index < -0.39 is 12.1 Å². The maximum absolute atomic E-state index is 12.0. The molecule has 2 N–H and O–H groups in total. The summed E-state index contributed by atoms with van der Waals surface area (Å²) in [5, 5.41) is 5.55. The lowest BCUT2D eigenvalue weighted by molar-refractivity contribution is -0.123. The molecule has 1 aliphatic carbocycles. The molecule has 120 valence electrons. The van der Waals surface area contributed by atoms with Gasteiger partial charge in [0.05, 0.1) is 0 Å². The van der Waals surface area contributed by atoms with E-state index >= 15 is 0 Å². The van der Waals surface area contributed by atoms with Crippen LogP contribution in [0.1, 0.15) is 44.6 Å². The zero-order valence-corrected chi connectivity index (χ0v) is 13.0. The lowest BCUT2D eigenvalue weighted by Crippen LogP contribution is -2.48. The van der Waals surface area contributed by atoms with E-state index in [2.05, 4.69) is 10.6 Å². The Morgan fingerprint density at radius 3 is 2.55 bits per heavy atom. The van der Waals surface area contributed by atoms with Gasteiger partial charge in [-0.2, -0.15) is 0 Å². The molecule has 22 heavy (non-hydrogen) atoms. The van der Waals surface area contributed by atoms with Gasteiger partial charge in [0.1, 0.15) is 12.6 Å². The fourth-order valence-corrected chi connectivity index (χ4v) is 2.58. The number of benzene rings is 1. The van der Waals surface area contributed by atoms with Gasteiger partial charge in [0, 0.05) is 6.04 Å². The van der Waals surface area contributed by atoms with Gasteiger partial charge in [0.15, 0.2) is 0 Å². The van der Waals surface area contributed by atoms with Crippen molar-refractivity contribution in [3.63, 3.8) is 0 Å². The fraction of sp³-hybridized carbons (Fsp3) is 0.529.